The summed E-state index contributed by atoms with van der Waals surface area (Å²) in [7, 11) is 1.65. The van der Waals surface area contributed by atoms with E-state index in [9.17, 15) is 19.7 Å². The Labute approximate surface area is 147 Å². The van der Waals surface area contributed by atoms with Crippen LogP contribution < -0.4 is 10.6 Å². The Balaban J connectivity index is 2.03. The number of nitro groups is 1. The molecule has 0 unspecified atom stereocenters. The van der Waals surface area contributed by atoms with E-state index in [1.165, 1.54) is 18.2 Å². The number of carbonyl (C=O) groups is 2. The van der Waals surface area contributed by atoms with Gasteiger partial charge in [-0.25, -0.2) is 4.79 Å². The van der Waals surface area contributed by atoms with Gasteiger partial charge in [-0.15, -0.1) is 0 Å². The maximum absolute atomic E-state index is 12.0. The third-order valence-electron chi connectivity index (χ3n) is 3.18. The fraction of sp³-hybridized carbons (Fsp3) is 0.125. The van der Waals surface area contributed by atoms with Crippen LogP contribution in [0.5, 0.6) is 0 Å². The van der Waals surface area contributed by atoms with Crippen molar-refractivity contribution < 1.29 is 19.2 Å². The number of nitro benzene ring substituents is 1. The molecule has 8 nitrogen and oxygen atoms in total. The van der Waals surface area contributed by atoms with E-state index in [0.29, 0.717) is 5.69 Å². The summed E-state index contributed by atoms with van der Waals surface area (Å²) in [4.78, 5) is 34.3. The molecule has 0 saturated carbocycles. The van der Waals surface area contributed by atoms with Crippen molar-refractivity contribution in [2.24, 2.45) is 0 Å². The van der Waals surface area contributed by atoms with Gasteiger partial charge in [0, 0.05) is 23.8 Å². The largest absolute Gasteiger partial charge is 0.452 e. The molecule has 0 saturated heterocycles. The highest BCUT2D eigenvalue weighted by atomic mass is 35.5. The van der Waals surface area contributed by atoms with Crippen molar-refractivity contribution in [3.8, 4) is 0 Å². The fourth-order valence-electron chi connectivity index (χ4n) is 2.04. The predicted octanol–water partition coefficient (Wildman–Crippen LogP) is 3.09. The van der Waals surface area contributed by atoms with Crippen LogP contribution in [0.15, 0.2) is 42.5 Å². The summed E-state index contributed by atoms with van der Waals surface area (Å²) in [5.74, 6) is -1.42. The number of esters is 1. The van der Waals surface area contributed by atoms with Crippen molar-refractivity contribution in [2.75, 3.05) is 24.3 Å². The highest BCUT2D eigenvalue weighted by Crippen LogP contribution is 2.27. The number of nitrogens with zero attached hydrogens (tertiary/aromatic N) is 1. The SMILES string of the molecule is CNc1ccccc1C(=O)OCC(=O)Nc1cc(Cl)ccc1[N+](=O)[O-]. The Bertz CT molecular complexity index is 825. The molecule has 1 amide bonds. The van der Waals surface area contributed by atoms with E-state index in [1.54, 1.807) is 31.3 Å². The first kappa shape index (κ1) is 18.2. The minimum absolute atomic E-state index is 0.0748. The van der Waals surface area contributed by atoms with Crippen LogP contribution >= 0.6 is 11.6 Å². The monoisotopic (exact) mass is 363 g/mol. The van der Waals surface area contributed by atoms with Gasteiger partial charge in [0.05, 0.1) is 10.5 Å². The van der Waals surface area contributed by atoms with Gasteiger partial charge in [0.1, 0.15) is 5.69 Å². The van der Waals surface area contributed by atoms with E-state index in [1.807, 2.05) is 0 Å². The van der Waals surface area contributed by atoms with Gasteiger partial charge in [0.25, 0.3) is 11.6 Å². The van der Waals surface area contributed by atoms with Crippen LogP contribution in [0.25, 0.3) is 0 Å². The van der Waals surface area contributed by atoms with E-state index in [4.69, 9.17) is 16.3 Å². The van der Waals surface area contributed by atoms with Crippen LogP contribution in [0.2, 0.25) is 5.02 Å². The molecule has 130 valence electrons. The summed E-state index contributed by atoms with van der Waals surface area (Å²) >= 11 is 5.78. The van der Waals surface area contributed by atoms with Crippen LogP contribution in [0.4, 0.5) is 17.1 Å². The van der Waals surface area contributed by atoms with Gasteiger partial charge < -0.3 is 15.4 Å². The van der Waals surface area contributed by atoms with Crippen molar-refractivity contribution >= 4 is 40.5 Å². The number of nitrogens with one attached hydrogen (secondary N) is 2. The maximum atomic E-state index is 12.0. The summed E-state index contributed by atoms with van der Waals surface area (Å²) in [6.07, 6.45) is 0. The lowest BCUT2D eigenvalue weighted by molar-refractivity contribution is -0.383. The molecule has 9 heteroatoms. The molecule has 0 heterocycles. The zero-order chi connectivity index (χ0) is 18.4. The summed E-state index contributed by atoms with van der Waals surface area (Å²) < 4.78 is 4.94. The van der Waals surface area contributed by atoms with Gasteiger partial charge in [-0.1, -0.05) is 23.7 Å². The molecule has 2 aromatic carbocycles. The number of halogens is 1. The minimum atomic E-state index is -0.722. The predicted molar refractivity (Wildman–Crippen MR) is 93.0 cm³/mol. The summed E-state index contributed by atoms with van der Waals surface area (Å²) in [6, 6.07) is 10.4. The molecule has 2 aromatic rings. The number of ether oxygens (including phenoxy) is 1. The number of amides is 1. The molecule has 0 radical (unpaired) electrons. The quantitative estimate of drug-likeness (QED) is 0.463. The standard InChI is InChI=1S/C16H14ClN3O5/c1-18-12-5-3-2-4-11(12)16(22)25-9-15(21)19-13-8-10(17)6-7-14(13)20(23)24/h2-8,18H,9H2,1H3,(H,19,21). The Morgan fingerprint density at radius 3 is 2.60 bits per heavy atom. The molecule has 25 heavy (non-hydrogen) atoms. The third-order valence-corrected chi connectivity index (χ3v) is 3.42. The lowest BCUT2D eigenvalue weighted by atomic mass is 10.2. The van der Waals surface area contributed by atoms with E-state index in [-0.39, 0.29) is 22.0 Å². The average molecular weight is 364 g/mol. The molecule has 0 bridgehead atoms. The molecular formula is C16H14ClN3O5. The number of benzene rings is 2. The Morgan fingerprint density at radius 2 is 1.92 bits per heavy atom. The Kier molecular flexibility index (Phi) is 5.91. The van der Waals surface area contributed by atoms with Gasteiger partial charge >= 0.3 is 5.97 Å². The number of hydrogen-bond donors (Lipinski definition) is 2. The minimum Gasteiger partial charge on any atom is -0.452 e. The van der Waals surface area contributed by atoms with E-state index in [0.717, 1.165) is 0 Å². The van der Waals surface area contributed by atoms with Gasteiger partial charge in [0.2, 0.25) is 0 Å². The normalized spacial score (nSPS) is 10.0. The van der Waals surface area contributed by atoms with Crippen LogP contribution in [0.1, 0.15) is 10.4 Å². The molecule has 0 spiro atoms. The molecule has 2 N–H and O–H groups in total. The lowest BCUT2D eigenvalue weighted by Crippen LogP contribution is -2.21. The second-order valence-electron chi connectivity index (χ2n) is 4.84. The molecular weight excluding hydrogens is 350 g/mol. The molecule has 0 aliphatic heterocycles. The van der Waals surface area contributed by atoms with Crippen molar-refractivity contribution in [3.63, 3.8) is 0 Å². The van der Waals surface area contributed by atoms with Gasteiger partial charge in [0.15, 0.2) is 6.61 Å². The summed E-state index contributed by atoms with van der Waals surface area (Å²) in [5.41, 5.74) is 0.434. The lowest BCUT2D eigenvalue weighted by Gasteiger charge is -2.10. The fourth-order valence-corrected chi connectivity index (χ4v) is 2.21. The van der Waals surface area contributed by atoms with Crippen molar-refractivity contribution in [2.45, 2.75) is 0 Å². The topological polar surface area (TPSA) is 111 Å². The molecule has 0 aromatic heterocycles. The maximum Gasteiger partial charge on any atom is 0.340 e. The van der Waals surface area contributed by atoms with Crippen LogP contribution in [0.3, 0.4) is 0 Å². The summed E-state index contributed by atoms with van der Waals surface area (Å²) in [6.45, 7) is -0.597. The number of anilines is 2. The Hall–Kier alpha value is -3.13. The van der Waals surface area contributed by atoms with Crippen LogP contribution in [0, 0.1) is 10.1 Å². The average Bonchev–Trinajstić information content (AvgIpc) is 2.59. The number of hydrogen-bond acceptors (Lipinski definition) is 6. The van der Waals surface area contributed by atoms with E-state index < -0.39 is 23.4 Å². The number of para-hydroxylation sites is 1. The first-order chi connectivity index (χ1) is 11.9. The number of rotatable bonds is 6. The highest BCUT2D eigenvalue weighted by molar-refractivity contribution is 6.31. The zero-order valence-corrected chi connectivity index (χ0v) is 13.9. The van der Waals surface area contributed by atoms with Crippen LogP contribution in [-0.2, 0) is 9.53 Å². The van der Waals surface area contributed by atoms with E-state index in [2.05, 4.69) is 10.6 Å². The van der Waals surface area contributed by atoms with Gasteiger partial charge in [-0.3, -0.25) is 14.9 Å². The smallest absolute Gasteiger partial charge is 0.340 e. The van der Waals surface area contributed by atoms with Crippen molar-refractivity contribution in [1.29, 1.82) is 0 Å². The third kappa shape index (κ3) is 4.67. The second kappa shape index (κ2) is 8.11. The van der Waals surface area contributed by atoms with Crippen molar-refractivity contribution in [3.05, 3.63) is 63.2 Å². The van der Waals surface area contributed by atoms with Gasteiger partial charge in [-0.05, 0) is 24.3 Å². The zero-order valence-electron chi connectivity index (χ0n) is 13.1. The molecule has 0 fully saturated rings. The molecule has 0 aliphatic rings. The Morgan fingerprint density at radius 1 is 1.20 bits per heavy atom. The molecule has 0 aliphatic carbocycles. The van der Waals surface area contributed by atoms with Crippen molar-refractivity contribution in [1.82, 2.24) is 0 Å². The first-order valence-electron chi connectivity index (χ1n) is 7.10. The highest BCUT2D eigenvalue weighted by Gasteiger charge is 2.18. The van der Waals surface area contributed by atoms with Gasteiger partial charge in [-0.2, -0.15) is 0 Å². The molecule has 2 rings (SSSR count). The summed E-state index contributed by atoms with van der Waals surface area (Å²) in [5, 5.41) is 16.3. The van der Waals surface area contributed by atoms with E-state index >= 15 is 0 Å². The first-order valence-corrected chi connectivity index (χ1v) is 7.48. The number of carbonyl (C=O) groups excluding carboxylic acids is 2. The second-order valence-corrected chi connectivity index (χ2v) is 5.27. The molecule has 0 atom stereocenters. The van der Waals surface area contributed by atoms with Crippen LogP contribution in [-0.4, -0.2) is 30.5 Å².